The van der Waals surface area contributed by atoms with Crippen LogP contribution in [0.5, 0.6) is 0 Å². The maximum absolute atomic E-state index is 12.2. The Morgan fingerprint density at radius 1 is 1.25 bits per heavy atom. The van der Waals surface area contributed by atoms with E-state index in [9.17, 15) is 4.79 Å². The van der Waals surface area contributed by atoms with E-state index in [-0.39, 0.29) is 5.78 Å². The fraction of sp³-hybridized carbons (Fsp3) is 0.588. The van der Waals surface area contributed by atoms with Gasteiger partial charge in [-0.1, -0.05) is 61.7 Å². The van der Waals surface area contributed by atoms with Crippen molar-refractivity contribution in [3.8, 4) is 0 Å². The number of carbonyl (C=O) groups excluding carboxylic acids is 1. The van der Waals surface area contributed by atoms with E-state index in [0.717, 1.165) is 35.6 Å². The predicted octanol–water partition coefficient (Wildman–Crippen LogP) is 4.78. The van der Waals surface area contributed by atoms with Gasteiger partial charge in [0.2, 0.25) is 0 Å². The monoisotopic (exact) mass is 339 g/mol. The summed E-state index contributed by atoms with van der Waals surface area (Å²) in [7, 11) is 0. The molecule has 1 rings (SSSR count). The Morgan fingerprint density at radius 2 is 1.95 bits per heavy atom. The van der Waals surface area contributed by atoms with Gasteiger partial charge in [-0.05, 0) is 24.6 Å². The molecule has 0 aromatic heterocycles. The van der Waals surface area contributed by atoms with Crippen LogP contribution in [0.2, 0.25) is 0 Å². The van der Waals surface area contributed by atoms with Crippen LogP contribution in [0.25, 0.3) is 0 Å². The molecule has 0 heterocycles. The Morgan fingerprint density at radius 3 is 2.50 bits per heavy atom. The van der Waals surface area contributed by atoms with Gasteiger partial charge in [-0.2, -0.15) is 0 Å². The largest absolute Gasteiger partial charge is 0.303 e. The fourth-order valence-corrected chi connectivity index (χ4v) is 2.76. The molecule has 0 amide bonds. The first-order valence-corrected chi connectivity index (χ1v) is 8.41. The van der Waals surface area contributed by atoms with Crippen LogP contribution < -0.4 is 0 Å². The van der Waals surface area contributed by atoms with Gasteiger partial charge in [0, 0.05) is 29.5 Å². The molecule has 112 valence electrons. The number of hydrogen-bond donors (Lipinski definition) is 0. The summed E-state index contributed by atoms with van der Waals surface area (Å²) >= 11 is 3.41. The third-order valence-corrected chi connectivity index (χ3v) is 4.41. The van der Waals surface area contributed by atoms with Crippen LogP contribution in [0.1, 0.15) is 50.4 Å². The summed E-state index contributed by atoms with van der Waals surface area (Å²) < 4.78 is 0.965. The van der Waals surface area contributed by atoms with E-state index in [4.69, 9.17) is 0 Å². The highest BCUT2D eigenvalue weighted by molar-refractivity contribution is 9.10. The molecule has 0 aliphatic carbocycles. The minimum atomic E-state index is 0.231. The van der Waals surface area contributed by atoms with E-state index < -0.39 is 0 Å². The lowest BCUT2D eigenvalue weighted by molar-refractivity contribution is 0.0960. The summed E-state index contributed by atoms with van der Waals surface area (Å²) in [4.78, 5) is 14.6. The highest BCUT2D eigenvalue weighted by Crippen LogP contribution is 2.14. The molecule has 3 heteroatoms. The van der Waals surface area contributed by atoms with Crippen LogP contribution in [-0.4, -0.2) is 30.3 Å². The molecule has 0 aliphatic rings. The summed E-state index contributed by atoms with van der Waals surface area (Å²) in [6.07, 6.45) is 3.03. The summed E-state index contributed by atoms with van der Waals surface area (Å²) in [5.41, 5.74) is 0.804. The average molecular weight is 340 g/mol. The van der Waals surface area contributed by atoms with Gasteiger partial charge in [0.05, 0.1) is 0 Å². The minimum absolute atomic E-state index is 0.231. The predicted molar refractivity (Wildman–Crippen MR) is 89.3 cm³/mol. The van der Waals surface area contributed by atoms with Gasteiger partial charge in [0.15, 0.2) is 5.78 Å². The van der Waals surface area contributed by atoms with Crippen LogP contribution in [0, 0.1) is 5.92 Å². The number of rotatable bonds is 9. The lowest BCUT2D eigenvalue weighted by Gasteiger charge is -2.24. The van der Waals surface area contributed by atoms with Crippen molar-refractivity contribution in [1.82, 2.24) is 4.90 Å². The van der Waals surface area contributed by atoms with E-state index in [0.29, 0.717) is 6.42 Å². The first-order chi connectivity index (χ1) is 9.60. The Bertz CT molecular complexity index is 415. The lowest BCUT2D eigenvalue weighted by atomic mass is 10.0. The smallest absolute Gasteiger partial charge is 0.164 e. The topological polar surface area (TPSA) is 20.3 Å². The number of carbonyl (C=O) groups is 1. The molecule has 0 saturated heterocycles. The van der Waals surface area contributed by atoms with Gasteiger partial charge < -0.3 is 4.90 Å². The fourth-order valence-electron chi connectivity index (χ4n) is 2.36. The molecule has 0 radical (unpaired) electrons. The van der Waals surface area contributed by atoms with Gasteiger partial charge >= 0.3 is 0 Å². The maximum Gasteiger partial charge on any atom is 0.164 e. The molecule has 0 saturated carbocycles. The summed E-state index contributed by atoms with van der Waals surface area (Å²) in [6.45, 7) is 9.64. The van der Waals surface area contributed by atoms with Crippen molar-refractivity contribution < 1.29 is 4.79 Å². The van der Waals surface area contributed by atoms with E-state index in [1.165, 1.54) is 12.8 Å². The number of Topliss-reactive ketones (excluding diaryl/α,β-unsaturated/α-hetero) is 1. The number of ketones is 1. The molecule has 20 heavy (non-hydrogen) atoms. The molecule has 1 aromatic carbocycles. The molecular formula is C17H26BrNO. The second kappa shape index (κ2) is 9.30. The van der Waals surface area contributed by atoms with Crippen molar-refractivity contribution in [3.05, 3.63) is 34.3 Å². The lowest BCUT2D eigenvalue weighted by Crippen LogP contribution is -2.31. The molecule has 1 aromatic rings. The van der Waals surface area contributed by atoms with Crippen molar-refractivity contribution in [3.63, 3.8) is 0 Å². The van der Waals surface area contributed by atoms with Gasteiger partial charge in [0.25, 0.3) is 0 Å². The van der Waals surface area contributed by atoms with Crippen LogP contribution in [0.15, 0.2) is 28.7 Å². The minimum Gasteiger partial charge on any atom is -0.303 e. The van der Waals surface area contributed by atoms with E-state index in [1.807, 2.05) is 24.3 Å². The number of hydrogen-bond acceptors (Lipinski definition) is 2. The van der Waals surface area contributed by atoms with E-state index >= 15 is 0 Å². The standard InChI is InChI=1S/C17H26BrNO/c1-4-14(5-2)13-19(6-3)11-10-17(20)15-8-7-9-16(18)12-15/h7-9,12,14H,4-6,10-11,13H2,1-3H3. The van der Waals surface area contributed by atoms with Gasteiger partial charge in [-0.3, -0.25) is 4.79 Å². The van der Waals surface area contributed by atoms with E-state index in [1.54, 1.807) is 0 Å². The van der Waals surface area contributed by atoms with Crippen LogP contribution in [0.3, 0.4) is 0 Å². The SMILES string of the molecule is CCC(CC)CN(CC)CCC(=O)c1cccc(Br)c1. The van der Waals surface area contributed by atoms with Crippen LogP contribution >= 0.6 is 15.9 Å². The first-order valence-electron chi connectivity index (χ1n) is 7.61. The second-order valence-electron chi connectivity index (χ2n) is 5.26. The zero-order valence-electron chi connectivity index (χ0n) is 12.9. The Hall–Kier alpha value is -0.670. The van der Waals surface area contributed by atoms with E-state index in [2.05, 4.69) is 41.6 Å². The van der Waals surface area contributed by atoms with Crippen LogP contribution in [0.4, 0.5) is 0 Å². The Labute approximate surface area is 131 Å². The first kappa shape index (κ1) is 17.4. The van der Waals surface area contributed by atoms with Crippen LogP contribution in [-0.2, 0) is 0 Å². The number of benzene rings is 1. The third kappa shape index (κ3) is 5.76. The van der Waals surface area contributed by atoms with Crippen molar-refractivity contribution in [2.24, 2.45) is 5.92 Å². The van der Waals surface area contributed by atoms with Crippen molar-refractivity contribution in [2.45, 2.75) is 40.0 Å². The molecule has 0 unspecified atom stereocenters. The number of nitrogens with zero attached hydrogens (tertiary/aromatic N) is 1. The average Bonchev–Trinajstić information content (AvgIpc) is 2.47. The zero-order chi connectivity index (χ0) is 15.0. The molecule has 0 bridgehead atoms. The highest BCUT2D eigenvalue weighted by Gasteiger charge is 2.12. The summed E-state index contributed by atoms with van der Waals surface area (Å²) in [6, 6.07) is 7.66. The van der Waals surface area contributed by atoms with Gasteiger partial charge in [-0.15, -0.1) is 0 Å². The van der Waals surface area contributed by atoms with Crippen molar-refractivity contribution >= 4 is 21.7 Å². The van der Waals surface area contributed by atoms with Gasteiger partial charge in [0.1, 0.15) is 0 Å². The Balaban J connectivity index is 2.49. The normalized spacial score (nSPS) is 11.3. The summed E-state index contributed by atoms with van der Waals surface area (Å²) in [5.74, 6) is 0.977. The molecule has 0 N–H and O–H groups in total. The third-order valence-electron chi connectivity index (χ3n) is 3.92. The van der Waals surface area contributed by atoms with Crippen molar-refractivity contribution in [1.29, 1.82) is 0 Å². The molecule has 0 aliphatic heterocycles. The van der Waals surface area contributed by atoms with Crippen molar-refractivity contribution in [2.75, 3.05) is 19.6 Å². The highest BCUT2D eigenvalue weighted by atomic mass is 79.9. The molecular weight excluding hydrogens is 314 g/mol. The Kier molecular flexibility index (Phi) is 8.08. The zero-order valence-corrected chi connectivity index (χ0v) is 14.4. The summed E-state index contributed by atoms with van der Waals surface area (Å²) in [5, 5.41) is 0. The van der Waals surface area contributed by atoms with Gasteiger partial charge in [-0.25, -0.2) is 0 Å². The molecule has 0 spiro atoms. The molecule has 2 nitrogen and oxygen atoms in total. The molecule has 0 atom stereocenters. The number of halogens is 1. The quantitative estimate of drug-likeness (QED) is 0.603. The molecule has 0 fully saturated rings. The second-order valence-corrected chi connectivity index (χ2v) is 6.17. The maximum atomic E-state index is 12.2.